The first kappa shape index (κ1) is 16.7. The molecule has 1 aromatic carbocycles. The SMILES string of the molecule is CCC(=O)OCCCCOS(=O)(=O)c1ccc(C)cc1. The van der Waals surface area contributed by atoms with Crippen molar-refractivity contribution in [2.45, 2.75) is 38.0 Å². The van der Waals surface area contributed by atoms with Gasteiger partial charge in [-0.2, -0.15) is 8.42 Å². The zero-order valence-corrected chi connectivity index (χ0v) is 12.6. The molecule has 0 saturated carbocycles. The molecule has 112 valence electrons. The van der Waals surface area contributed by atoms with Gasteiger partial charge in [0, 0.05) is 6.42 Å². The number of ether oxygens (including phenoxy) is 1. The number of carbonyl (C=O) groups excluding carboxylic acids is 1. The second kappa shape index (κ2) is 8.01. The molecule has 0 radical (unpaired) electrons. The Morgan fingerprint density at radius 1 is 1.10 bits per heavy atom. The second-order valence-electron chi connectivity index (χ2n) is 4.37. The first-order chi connectivity index (χ1) is 9.45. The highest BCUT2D eigenvalue weighted by Gasteiger charge is 2.14. The lowest BCUT2D eigenvalue weighted by atomic mass is 10.2. The van der Waals surface area contributed by atoms with Gasteiger partial charge in [0.15, 0.2) is 0 Å². The second-order valence-corrected chi connectivity index (χ2v) is 5.99. The molecule has 0 bridgehead atoms. The first-order valence-electron chi connectivity index (χ1n) is 6.57. The maximum atomic E-state index is 11.8. The molecule has 0 aliphatic carbocycles. The topological polar surface area (TPSA) is 69.7 Å². The van der Waals surface area contributed by atoms with Crippen LogP contribution in [0.2, 0.25) is 0 Å². The van der Waals surface area contributed by atoms with Gasteiger partial charge in [-0.05, 0) is 31.9 Å². The minimum atomic E-state index is -3.69. The zero-order valence-electron chi connectivity index (χ0n) is 11.8. The van der Waals surface area contributed by atoms with E-state index in [1.807, 2.05) is 6.92 Å². The molecule has 1 aromatic rings. The largest absolute Gasteiger partial charge is 0.466 e. The molecule has 0 N–H and O–H groups in total. The summed E-state index contributed by atoms with van der Waals surface area (Å²) in [5.74, 6) is -0.252. The van der Waals surface area contributed by atoms with Gasteiger partial charge in [0.25, 0.3) is 10.1 Å². The number of aryl methyl sites for hydroxylation is 1. The van der Waals surface area contributed by atoms with Gasteiger partial charge in [-0.15, -0.1) is 0 Å². The van der Waals surface area contributed by atoms with E-state index in [4.69, 9.17) is 8.92 Å². The van der Waals surface area contributed by atoms with E-state index in [9.17, 15) is 13.2 Å². The van der Waals surface area contributed by atoms with Crippen LogP contribution in [0, 0.1) is 6.92 Å². The molecule has 0 atom stereocenters. The van der Waals surface area contributed by atoms with Crippen LogP contribution in [-0.4, -0.2) is 27.6 Å². The van der Waals surface area contributed by atoms with Crippen molar-refractivity contribution in [1.29, 1.82) is 0 Å². The van der Waals surface area contributed by atoms with Crippen molar-refractivity contribution >= 4 is 16.1 Å². The smallest absolute Gasteiger partial charge is 0.305 e. The Morgan fingerprint density at radius 3 is 2.30 bits per heavy atom. The summed E-state index contributed by atoms with van der Waals surface area (Å²) in [5, 5.41) is 0. The molecule has 1 rings (SSSR count). The van der Waals surface area contributed by atoms with Crippen LogP contribution in [0.1, 0.15) is 31.7 Å². The number of rotatable bonds is 8. The number of hydrogen-bond acceptors (Lipinski definition) is 5. The van der Waals surface area contributed by atoms with Gasteiger partial charge in [-0.1, -0.05) is 24.6 Å². The number of esters is 1. The Kier molecular flexibility index (Phi) is 6.67. The molecule has 0 aromatic heterocycles. The van der Waals surface area contributed by atoms with Crippen molar-refractivity contribution in [2.24, 2.45) is 0 Å². The van der Waals surface area contributed by atoms with E-state index in [2.05, 4.69) is 0 Å². The summed E-state index contributed by atoms with van der Waals surface area (Å²) in [6, 6.07) is 6.49. The molecule has 0 aliphatic heterocycles. The van der Waals surface area contributed by atoms with Crippen molar-refractivity contribution in [1.82, 2.24) is 0 Å². The molecule has 0 amide bonds. The highest BCUT2D eigenvalue weighted by atomic mass is 32.2. The highest BCUT2D eigenvalue weighted by Crippen LogP contribution is 2.13. The molecular formula is C14H20O5S. The van der Waals surface area contributed by atoms with E-state index in [-0.39, 0.29) is 17.5 Å². The summed E-state index contributed by atoms with van der Waals surface area (Å²) in [6.45, 7) is 3.98. The van der Waals surface area contributed by atoms with Crippen LogP contribution in [0.3, 0.4) is 0 Å². The molecule has 20 heavy (non-hydrogen) atoms. The van der Waals surface area contributed by atoms with Crippen LogP contribution < -0.4 is 0 Å². The van der Waals surface area contributed by atoms with E-state index in [1.165, 1.54) is 12.1 Å². The number of carbonyl (C=O) groups is 1. The maximum Gasteiger partial charge on any atom is 0.305 e. The van der Waals surface area contributed by atoms with E-state index in [0.29, 0.717) is 25.9 Å². The van der Waals surface area contributed by atoms with Gasteiger partial charge >= 0.3 is 5.97 Å². The number of hydrogen-bond donors (Lipinski definition) is 0. The Hall–Kier alpha value is -1.40. The average molecular weight is 300 g/mol. The molecule has 0 saturated heterocycles. The monoisotopic (exact) mass is 300 g/mol. The standard InChI is InChI=1S/C14H20O5S/c1-3-14(15)18-10-4-5-11-19-20(16,17)13-8-6-12(2)7-9-13/h6-9H,3-5,10-11H2,1-2H3. The van der Waals surface area contributed by atoms with Crippen LogP contribution in [-0.2, 0) is 23.8 Å². The van der Waals surface area contributed by atoms with Crippen molar-refractivity contribution in [3.05, 3.63) is 29.8 Å². The molecule has 0 aliphatic rings. The average Bonchev–Trinajstić information content (AvgIpc) is 2.42. The molecule has 0 unspecified atom stereocenters. The Balaban J connectivity index is 2.30. The van der Waals surface area contributed by atoms with E-state index in [0.717, 1.165) is 5.56 Å². The molecule has 0 fully saturated rings. The molecule has 5 nitrogen and oxygen atoms in total. The van der Waals surface area contributed by atoms with Crippen LogP contribution >= 0.6 is 0 Å². The minimum Gasteiger partial charge on any atom is -0.466 e. The lowest BCUT2D eigenvalue weighted by molar-refractivity contribution is -0.143. The van der Waals surface area contributed by atoms with Crippen molar-refractivity contribution in [3.8, 4) is 0 Å². The van der Waals surface area contributed by atoms with Crippen molar-refractivity contribution in [2.75, 3.05) is 13.2 Å². The normalized spacial score (nSPS) is 11.3. The van der Waals surface area contributed by atoms with Crippen molar-refractivity contribution in [3.63, 3.8) is 0 Å². The summed E-state index contributed by atoms with van der Waals surface area (Å²) in [7, 11) is -3.69. The summed E-state index contributed by atoms with van der Waals surface area (Å²) in [4.78, 5) is 11.0. The van der Waals surface area contributed by atoms with Gasteiger partial charge < -0.3 is 4.74 Å². The van der Waals surface area contributed by atoms with E-state index < -0.39 is 10.1 Å². The van der Waals surface area contributed by atoms with Crippen LogP contribution in [0.5, 0.6) is 0 Å². The van der Waals surface area contributed by atoms with Crippen LogP contribution in [0.25, 0.3) is 0 Å². The third-order valence-electron chi connectivity index (χ3n) is 2.64. The quantitative estimate of drug-likeness (QED) is 0.419. The number of benzene rings is 1. The predicted molar refractivity (Wildman–Crippen MR) is 74.8 cm³/mol. The fourth-order valence-electron chi connectivity index (χ4n) is 1.43. The summed E-state index contributed by atoms with van der Waals surface area (Å²) < 4.78 is 33.4. The predicted octanol–water partition coefficient (Wildman–Crippen LogP) is 2.43. The molecule has 0 heterocycles. The molecule has 0 spiro atoms. The minimum absolute atomic E-state index is 0.0832. The first-order valence-corrected chi connectivity index (χ1v) is 7.98. The van der Waals surface area contributed by atoms with Gasteiger partial charge in [-0.25, -0.2) is 0 Å². The Morgan fingerprint density at radius 2 is 1.70 bits per heavy atom. The van der Waals surface area contributed by atoms with E-state index >= 15 is 0 Å². The van der Waals surface area contributed by atoms with Crippen molar-refractivity contribution < 1.29 is 22.1 Å². The fraction of sp³-hybridized carbons (Fsp3) is 0.500. The summed E-state index contributed by atoms with van der Waals surface area (Å²) in [5.41, 5.74) is 0.988. The zero-order chi connectivity index (χ0) is 15.0. The van der Waals surface area contributed by atoms with Crippen LogP contribution in [0.4, 0.5) is 0 Å². The summed E-state index contributed by atoms with van der Waals surface area (Å²) >= 11 is 0. The third kappa shape index (κ3) is 5.71. The maximum absolute atomic E-state index is 11.8. The third-order valence-corrected chi connectivity index (χ3v) is 3.97. The molecule has 6 heteroatoms. The number of unbranched alkanes of at least 4 members (excludes halogenated alkanes) is 1. The highest BCUT2D eigenvalue weighted by molar-refractivity contribution is 7.86. The van der Waals surface area contributed by atoms with Crippen LogP contribution in [0.15, 0.2) is 29.2 Å². The molecular weight excluding hydrogens is 280 g/mol. The Labute approximate surface area is 120 Å². The van der Waals surface area contributed by atoms with Gasteiger partial charge in [-0.3, -0.25) is 8.98 Å². The van der Waals surface area contributed by atoms with E-state index in [1.54, 1.807) is 19.1 Å². The van der Waals surface area contributed by atoms with Gasteiger partial charge in [0.2, 0.25) is 0 Å². The fourth-order valence-corrected chi connectivity index (χ4v) is 2.38. The summed E-state index contributed by atoms with van der Waals surface area (Å²) in [6.07, 6.45) is 1.44. The van der Waals surface area contributed by atoms with Gasteiger partial charge in [0.1, 0.15) is 0 Å². The van der Waals surface area contributed by atoms with Gasteiger partial charge in [0.05, 0.1) is 18.1 Å². The lowest BCUT2D eigenvalue weighted by Gasteiger charge is -2.06. The Bertz CT molecular complexity index is 519. The lowest BCUT2D eigenvalue weighted by Crippen LogP contribution is -2.09.